The molecular weight excluding hydrogens is 318 g/mol. The van der Waals surface area contributed by atoms with Crippen LogP contribution in [0.2, 0.25) is 0 Å². The molecule has 6 nitrogen and oxygen atoms in total. The summed E-state index contributed by atoms with van der Waals surface area (Å²) in [7, 11) is 0. The molecule has 0 aliphatic heterocycles. The monoisotopic (exact) mass is 341 g/mol. The fourth-order valence-electron chi connectivity index (χ4n) is 3.03. The number of aryl methyl sites for hydroxylation is 2. The molecular formula is C19H23N3O3. The molecule has 1 aliphatic rings. The minimum absolute atomic E-state index is 0.204. The van der Waals surface area contributed by atoms with Crippen LogP contribution in [0.1, 0.15) is 54.4 Å². The second-order valence-corrected chi connectivity index (χ2v) is 6.64. The summed E-state index contributed by atoms with van der Waals surface area (Å²) in [6.45, 7) is 5.37. The van der Waals surface area contributed by atoms with Gasteiger partial charge >= 0.3 is 5.97 Å². The van der Waals surface area contributed by atoms with E-state index in [2.05, 4.69) is 15.3 Å². The van der Waals surface area contributed by atoms with E-state index in [4.69, 9.17) is 4.74 Å². The van der Waals surface area contributed by atoms with E-state index in [1.807, 2.05) is 13.8 Å². The van der Waals surface area contributed by atoms with E-state index in [0.717, 1.165) is 42.6 Å². The van der Waals surface area contributed by atoms with Gasteiger partial charge in [-0.2, -0.15) is 0 Å². The van der Waals surface area contributed by atoms with Crippen molar-refractivity contribution in [2.45, 2.75) is 58.6 Å². The Kier molecular flexibility index (Phi) is 4.97. The third-order valence-corrected chi connectivity index (χ3v) is 4.67. The lowest BCUT2D eigenvalue weighted by molar-refractivity contribution is -0.129. The van der Waals surface area contributed by atoms with Gasteiger partial charge in [-0.05, 0) is 51.8 Å². The summed E-state index contributed by atoms with van der Waals surface area (Å²) in [5.74, 6) is -0.775. The molecule has 1 aromatic heterocycles. The third kappa shape index (κ3) is 3.95. The molecule has 6 heteroatoms. The van der Waals surface area contributed by atoms with Crippen molar-refractivity contribution in [2.75, 3.05) is 0 Å². The smallest absolute Gasteiger partial charge is 0.338 e. The zero-order valence-corrected chi connectivity index (χ0v) is 14.8. The molecule has 1 amide bonds. The average molecular weight is 341 g/mol. The standard InChI is InChI=1S/C19H23N3O3/c1-11-12(2)21-17-10-14(8-9-16(17)20-11)19(24)25-13(3)18(23)22-15-6-4-5-7-15/h8-10,13,15H,4-7H2,1-3H3,(H,22,23)/t13-/m1/s1. The Morgan fingerprint density at radius 2 is 1.76 bits per heavy atom. The van der Waals surface area contributed by atoms with Crippen LogP contribution >= 0.6 is 0 Å². The molecule has 25 heavy (non-hydrogen) atoms. The van der Waals surface area contributed by atoms with Crippen LogP contribution in [0.25, 0.3) is 11.0 Å². The van der Waals surface area contributed by atoms with Crippen molar-refractivity contribution in [3.63, 3.8) is 0 Å². The zero-order valence-electron chi connectivity index (χ0n) is 14.8. The van der Waals surface area contributed by atoms with E-state index >= 15 is 0 Å². The highest BCUT2D eigenvalue weighted by Crippen LogP contribution is 2.18. The Morgan fingerprint density at radius 3 is 2.44 bits per heavy atom. The SMILES string of the molecule is Cc1nc2ccc(C(=O)O[C@H](C)C(=O)NC3CCCC3)cc2nc1C. The first-order chi connectivity index (χ1) is 11.9. The van der Waals surface area contributed by atoms with Gasteiger partial charge in [0, 0.05) is 6.04 Å². The lowest BCUT2D eigenvalue weighted by atomic mass is 10.2. The molecule has 1 heterocycles. The third-order valence-electron chi connectivity index (χ3n) is 4.67. The lowest BCUT2D eigenvalue weighted by Crippen LogP contribution is -2.40. The molecule has 0 spiro atoms. The van der Waals surface area contributed by atoms with Gasteiger partial charge in [0.25, 0.3) is 5.91 Å². The van der Waals surface area contributed by atoms with E-state index in [1.165, 1.54) is 0 Å². The molecule has 1 aromatic carbocycles. The van der Waals surface area contributed by atoms with Crippen molar-refractivity contribution in [1.29, 1.82) is 0 Å². The summed E-state index contributed by atoms with van der Waals surface area (Å²) in [6, 6.07) is 5.25. The van der Waals surface area contributed by atoms with E-state index < -0.39 is 12.1 Å². The van der Waals surface area contributed by atoms with E-state index in [0.29, 0.717) is 11.1 Å². The van der Waals surface area contributed by atoms with Gasteiger partial charge < -0.3 is 10.1 Å². The minimum atomic E-state index is -0.824. The first-order valence-electron chi connectivity index (χ1n) is 8.70. The van der Waals surface area contributed by atoms with Gasteiger partial charge in [-0.25, -0.2) is 14.8 Å². The van der Waals surface area contributed by atoms with Gasteiger partial charge in [0.2, 0.25) is 0 Å². The summed E-state index contributed by atoms with van der Waals surface area (Å²) in [6.07, 6.45) is 3.43. The van der Waals surface area contributed by atoms with Crippen molar-refractivity contribution >= 4 is 22.9 Å². The van der Waals surface area contributed by atoms with Crippen LogP contribution in [-0.4, -0.2) is 34.0 Å². The summed E-state index contributed by atoms with van der Waals surface area (Å²) in [5.41, 5.74) is 3.42. The summed E-state index contributed by atoms with van der Waals surface area (Å²) in [4.78, 5) is 33.4. The Bertz CT molecular complexity index is 813. The molecule has 0 bridgehead atoms. The lowest BCUT2D eigenvalue weighted by Gasteiger charge is -2.17. The normalized spacial score (nSPS) is 16.0. The number of esters is 1. The number of benzene rings is 1. The number of ether oxygens (including phenoxy) is 1. The van der Waals surface area contributed by atoms with Crippen LogP contribution in [0.5, 0.6) is 0 Å². The first kappa shape index (κ1) is 17.3. The molecule has 0 radical (unpaired) electrons. The quantitative estimate of drug-likeness (QED) is 0.865. The maximum Gasteiger partial charge on any atom is 0.338 e. The van der Waals surface area contributed by atoms with Crippen molar-refractivity contribution in [3.8, 4) is 0 Å². The summed E-state index contributed by atoms with van der Waals surface area (Å²) >= 11 is 0. The zero-order chi connectivity index (χ0) is 18.0. The van der Waals surface area contributed by atoms with E-state index in [9.17, 15) is 9.59 Å². The largest absolute Gasteiger partial charge is 0.449 e. The predicted molar refractivity (Wildman–Crippen MR) is 94.3 cm³/mol. The van der Waals surface area contributed by atoms with Gasteiger partial charge in [0.05, 0.1) is 28.0 Å². The molecule has 1 saturated carbocycles. The molecule has 1 N–H and O–H groups in total. The van der Waals surface area contributed by atoms with Gasteiger partial charge in [0.15, 0.2) is 6.10 Å². The number of carbonyl (C=O) groups is 2. The van der Waals surface area contributed by atoms with Crippen LogP contribution in [0, 0.1) is 13.8 Å². The second kappa shape index (κ2) is 7.17. The van der Waals surface area contributed by atoms with Crippen molar-refractivity contribution < 1.29 is 14.3 Å². The number of nitrogens with one attached hydrogen (secondary N) is 1. The summed E-state index contributed by atoms with van der Waals surface area (Å²) < 4.78 is 5.31. The van der Waals surface area contributed by atoms with Crippen LogP contribution in [-0.2, 0) is 9.53 Å². The Balaban J connectivity index is 1.68. The van der Waals surface area contributed by atoms with E-state index in [1.54, 1.807) is 25.1 Å². The van der Waals surface area contributed by atoms with E-state index in [-0.39, 0.29) is 11.9 Å². The molecule has 1 aliphatic carbocycles. The molecule has 1 atom stereocenters. The topological polar surface area (TPSA) is 81.2 Å². The number of hydrogen-bond acceptors (Lipinski definition) is 5. The number of hydrogen-bond donors (Lipinski definition) is 1. The number of carbonyl (C=O) groups excluding carboxylic acids is 2. The van der Waals surface area contributed by atoms with Gasteiger partial charge in [0.1, 0.15) is 0 Å². The first-order valence-corrected chi connectivity index (χ1v) is 8.70. The Morgan fingerprint density at radius 1 is 1.12 bits per heavy atom. The maximum absolute atomic E-state index is 12.3. The fraction of sp³-hybridized carbons (Fsp3) is 0.474. The van der Waals surface area contributed by atoms with Crippen molar-refractivity contribution in [1.82, 2.24) is 15.3 Å². The highest BCUT2D eigenvalue weighted by atomic mass is 16.5. The highest BCUT2D eigenvalue weighted by Gasteiger charge is 2.23. The van der Waals surface area contributed by atoms with Crippen molar-refractivity contribution in [3.05, 3.63) is 35.2 Å². The van der Waals surface area contributed by atoms with Crippen LogP contribution in [0.4, 0.5) is 0 Å². The molecule has 3 rings (SSSR count). The second-order valence-electron chi connectivity index (χ2n) is 6.64. The molecule has 2 aromatic rings. The minimum Gasteiger partial charge on any atom is -0.449 e. The number of fused-ring (bicyclic) bond motifs is 1. The van der Waals surface area contributed by atoms with Crippen LogP contribution < -0.4 is 5.32 Å². The molecule has 1 fully saturated rings. The van der Waals surface area contributed by atoms with Gasteiger partial charge in [-0.15, -0.1) is 0 Å². The summed E-state index contributed by atoms with van der Waals surface area (Å²) in [5, 5.41) is 2.94. The molecule has 132 valence electrons. The van der Waals surface area contributed by atoms with Crippen LogP contribution in [0.3, 0.4) is 0 Å². The van der Waals surface area contributed by atoms with Gasteiger partial charge in [-0.1, -0.05) is 12.8 Å². The predicted octanol–water partition coefficient (Wildman–Crippen LogP) is 2.85. The number of nitrogens with zero attached hydrogens (tertiary/aromatic N) is 2. The van der Waals surface area contributed by atoms with Crippen molar-refractivity contribution in [2.24, 2.45) is 0 Å². The Hall–Kier alpha value is -2.50. The number of amides is 1. The average Bonchev–Trinajstić information content (AvgIpc) is 3.08. The Labute approximate surface area is 147 Å². The number of rotatable bonds is 4. The van der Waals surface area contributed by atoms with Gasteiger partial charge in [-0.3, -0.25) is 4.79 Å². The highest BCUT2D eigenvalue weighted by molar-refractivity contribution is 5.95. The van der Waals surface area contributed by atoms with Crippen LogP contribution in [0.15, 0.2) is 18.2 Å². The number of aromatic nitrogens is 2. The fourth-order valence-corrected chi connectivity index (χ4v) is 3.03. The molecule has 0 unspecified atom stereocenters. The molecule has 0 saturated heterocycles. The maximum atomic E-state index is 12.3.